The van der Waals surface area contributed by atoms with Crippen molar-refractivity contribution in [2.45, 2.75) is 57.9 Å². The van der Waals surface area contributed by atoms with Crippen LogP contribution in [-0.2, 0) is 16.0 Å². The molecule has 11 nitrogen and oxygen atoms in total. The first-order valence-electron chi connectivity index (χ1n) is 14.8. The van der Waals surface area contributed by atoms with Crippen LogP contribution >= 0.6 is 12.4 Å². The Hall–Kier alpha value is -4.22. The van der Waals surface area contributed by atoms with Crippen LogP contribution in [0, 0.1) is 0 Å². The number of fused-ring (bicyclic) bond motifs is 1. The highest BCUT2D eigenvalue weighted by atomic mass is 35.5. The lowest BCUT2D eigenvalue weighted by Crippen LogP contribution is -2.39. The highest BCUT2D eigenvalue weighted by molar-refractivity contribution is 6.11. The summed E-state index contributed by atoms with van der Waals surface area (Å²) in [6, 6.07) is 14.6. The van der Waals surface area contributed by atoms with E-state index in [1.165, 1.54) is 4.68 Å². The summed E-state index contributed by atoms with van der Waals surface area (Å²) in [5.41, 5.74) is 2.90. The van der Waals surface area contributed by atoms with E-state index in [1.54, 1.807) is 41.2 Å². The maximum atomic E-state index is 14.0. The molecular formula is C32H39ClN6O5. The molecule has 234 valence electrons. The number of amides is 4. The van der Waals surface area contributed by atoms with E-state index >= 15 is 0 Å². The van der Waals surface area contributed by atoms with E-state index in [0.29, 0.717) is 55.0 Å². The van der Waals surface area contributed by atoms with Crippen molar-refractivity contribution in [3.8, 4) is 11.4 Å². The van der Waals surface area contributed by atoms with Gasteiger partial charge in [0, 0.05) is 48.9 Å². The lowest BCUT2D eigenvalue weighted by Gasteiger charge is -2.29. The van der Waals surface area contributed by atoms with Crippen LogP contribution in [-0.4, -0.2) is 66.7 Å². The van der Waals surface area contributed by atoms with Crippen LogP contribution in [0.4, 0.5) is 11.4 Å². The molecule has 0 radical (unpaired) electrons. The molecule has 1 aromatic heterocycles. The molecule has 1 atom stereocenters. The number of halogens is 1. The van der Waals surface area contributed by atoms with Gasteiger partial charge in [-0.25, -0.2) is 4.68 Å². The van der Waals surface area contributed by atoms with Gasteiger partial charge in [0.1, 0.15) is 11.4 Å². The molecule has 2 aliphatic heterocycles. The summed E-state index contributed by atoms with van der Waals surface area (Å²) in [6.07, 6.45) is 4.45. The first-order chi connectivity index (χ1) is 20.8. The van der Waals surface area contributed by atoms with E-state index in [9.17, 15) is 19.2 Å². The molecule has 3 aromatic rings. The number of nitrogens with one attached hydrogen (secondary N) is 2. The maximum absolute atomic E-state index is 14.0. The van der Waals surface area contributed by atoms with Crippen molar-refractivity contribution in [1.29, 1.82) is 0 Å². The van der Waals surface area contributed by atoms with Gasteiger partial charge in [-0.3, -0.25) is 24.5 Å². The van der Waals surface area contributed by atoms with Crippen LogP contribution in [0.15, 0.2) is 48.5 Å². The number of hydrogen-bond donors (Lipinski definition) is 2. The van der Waals surface area contributed by atoms with Gasteiger partial charge in [-0.05, 0) is 87.7 Å². The fourth-order valence-corrected chi connectivity index (χ4v) is 5.70. The molecule has 3 heterocycles. The first kappa shape index (κ1) is 32.7. The van der Waals surface area contributed by atoms with Crippen molar-refractivity contribution < 1.29 is 23.9 Å². The van der Waals surface area contributed by atoms with E-state index in [4.69, 9.17) is 4.74 Å². The van der Waals surface area contributed by atoms with Crippen LogP contribution in [0.5, 0.6) is 5.75 Å². The SMILES string of the molecule is CCC(CCC(=O)NC(=O)c1nn(-c2ccc(OC)cc2)c2c1CCN(c1ccc(N3CCCCC3=O)cc1)C2=O)NC.Cl. The predicted octanol–water partition coefficient (Wildman–Crippen LogP) is 4.06. The second kappa shape index (κ2) is 14.5. The number of ether oxygens (including phenoxy) is 1. The van der Waals surface area contributed by atoms with Crippen LogP contribution in [0.1, 0.15) is 72.0 Å². The van der Waals surface area contributed by atoms with Gasteiger partial charge in [0.05, 0.1) is 12.8 Å². The zero-order valence-electron chi connectivity index (χ0n) is 25.3. The molecule has 1 unspecified atom stereocenters. The number of rotatable bonds is 10. The standard InChI is InChI=1S/C32H38N6O5.ClH/c1-4-21(33-2)8-17-27(39)34-31(41)29-26-18-20-37(23-11-9-22(10-12-23)36-19-6-5-7-28(36)40)32(42)30(26)38(35-29)24-13-15-25(43-3)16-14-24;/h9-16,21,33H,4-8,17-20H2,1-3H3,(H,34,39,41);1H. The van der Waals surface area contributed by atoms with Crippen molar-refractivity contribution >= 4 is 47.4 Å². The summed E-state index contributed by atoms with van der Waals surface area (Å²) >= 11 is 0. The minimum atomic E-state index is -0.622. The number of imide groups is 1. The first-order valence-corrected chi connectivity index (χ1v) is 14.8. The van der Waals surface area contributed by atoms with Crippen molar-refractivity contribution in [3.05, 3.63) is 65.5 Å². The Balaban J connectivity index is 0.00000442. The lowest BCUT2D eigenvalue weighted by molar-refractivity contribution is -0.120. The van der Waals surface area contributed by atoms with Gasteiger partial charge in [0.2, 0.25) is 11.8 Å². The summed E-state index contributed by atoms with van der Waals surface area (Å²) in [5, 5.41) is 10.2. The van der Waals surface area contributed by atoms with Gasteiger partial charge in [-0.2, -0.15) is 5.10 Å². The van der Waals surface area contributed by atoms with Crippen LogP contribution in [0.3, 0.4) is 0 Å². The second-order valence-electron chi connectivity index (χ2n) is 10.8. The summed E-state index contributed by atoms with van der Waals surface area (Å²) in [4.78, 5) is 55.8. The molecule has 5 rings (SSSR count). The van der Waals surface area contributed by atoms with E-state index in [-0.39, 0.29) is 54.0 Å². The highest BCUT2D eigenvalue weighted by Gasteiger charge is 2.35. The minimum absolute atomic E-state index is 0. The summed E-state index contributed by atoms with van der Waals surface area (Å²) in [5.74, 6) is -0.569. The number of carbonyl (C=O) groups is 4. The zero-order chi connectivity index (χ0) is 30.5. The number of piperidine rings is 1. The van der Waals surface area contributed by atoms with Gasteiger partial charge in [0.25, 0.3) is 11.8 Å². The van der Waals surface area contributed by atoms with Crippen molar-refractivity contribution in [2.75, 3.05) is 37.0 Å². The van der Waals surface area contributed by atoms with Crippen LogP contribution in [0.2, 0.25) is 0 Å². The Kier molecular flexibility index (Phi) is 10.8. The zero-order valence-corrected chi connectivity index (χ0v) is 26.1. The molecule has 0 saturated carbocycles. The number of carbonyl (C=O) groups excluding carboxylic acids is 4. The fourth-order valence-electron chi connectivity index (χ4n) is 5.70. The Morgan fingerprint density at radius 3 is 2.20 bits per heavy atom. The molecule has 2 aromatic carbocycles. The average molecular weight is 623 g/mol. The number of nitrogens with zero attached hydrogens (tertiary/aromatic N) is 4. The molecule has 0 bridgehead atoms. The van der Waals surface area contributed by atoms with Crippen LogP contribution in [0.25, 0.3) is 5.69 Å². The smallest absolute Gasteiger partial charge is 0.278 e. The van der Waals surface area contributed by atoms with E-state index < -0.39 is 5.91 Å². The normalized spacial score (nSPS) is 15.3. The number of methoxy groups -OCH3 is 1. The Morgan fingerprint density at radius 1 is 0.932 bits per heavy atom. The monoisotopic (exact) mass is 622 g/mol. The largest absolute Gasteiger partial charge is 0.497 e. The molecule has 0 spiro atoms. The minimum Gasteiger partial charge on any atom is -0.497 e. The number of benzene rings is 2. The topological polar surface area (TPSA) is 126 Å². The van der Waals surface area contributed by atoms with Gasteiger partial charge < -0.3 is 19.9 Å². The van der Waals surface area contributed by atoms with Crippen molar-refractivity contribution in [2.24, 2.45) is 0 Å². The third-order valence-electron chi connectivity index (χ3n) is 8.22. The molecule has 12 heteroatoms. The van der Waals surface area contributed by atoms with E-state index in [2.05, 4.69) is 15.7 Å². The van der Waals surface area contributed by atoms with Crippen molar-refractivity contribution in [3.63, 3.8) is 0 Å². The second-order valence-corrected chi connectivity index (χ2v) is 10.8. The highest BCUT2D eigenvalue weighted by Crippen LogP contribution is 2.31. The fraction of sp³-hybridized carbons (Fsp3) is 0.406. The van der Waals surface area contributed by atoms with Gasteiger partial charge in [-0.1, -0.05) is 6.92 Å². The van der Waals surface area contributed by atoms with E-state index in [0.717, 1.165) is 24.9 Å². The number of aromatic nitrogens is 2. The molecule has 2 N–H and O–H groups in total. The molecule has 2 aliphatic rings. The summed E-state index contributed by atoms with van der Waals surface area (Å²) < 4.78 is 6.75. The van der Waals surface area contributed by atoms with Gasteiger partial charge >= 0.3 is 0 Å². The Bertz CT molecular complexity index is 1500. The lowest BCUT2D eigenvalue weighted by atomic mass is 10.0. The van der Waals surface area contributed by atoms with E-state index in [1.807, 2.05) is 38.2 Å². The van der Waals surface area contributed by atoms with Crippen LogP contribution < -0.4 is 25.2 Å². The maximum Gasteiger partial charge on any atom is 0.278 e. The molecule has 1 fully saturated rings. The van der Waals surface area contributed by atoms with Gasteiger partial charge in [-0.15, -0.1) is 12.4 Å². The third kappa shape index (κ3) is 6.79. The van der Waals surface area contributed by atoms with Crippen molar-refractivity contribution in [1.82, 2.24) is 20.4 Å². The number of anilines is 2. The summed E-state index contributed by atoms with van der Waals surface area (Å²) in [7, 11) is 3.41. The predicted molar refractivity (Wildman–Crippen MR) is 170 cm³/mol. The Labute approximate surface area is 263 Å². The quantitative estimate of drug-likeness (QED) is 0.349. The average Bonchev–Trinajstić information content (AvgIpc) is 3.43. The van der Waals surface area contributed by atoms with Gasteiger partial charge in [0.15, 0.2) is 5.69 Å². The number of hydrogen-bond acceptors (Lipinski definition) is 7. The molecule has 0 aliphatic carbocycles. The third-order valence-corrected chi connectivity index (χ3v) is 8.22. The molecule has 1 saturated heterocycles. The molecular weight excluding hydrogens is 584 g/mol. The Morgan fingerprint density at radius 2 is 1.59 bits per heavy atom. The summed E-state index contributed by atoms with van der Waals surface area (Å²) in [6.45, 7) is 3.05. The molecule has 4 amide bonds. The molecule has 44 heavy (non-hydrogen) atoms.